The summed E-state index contributed by atoms with van der Waals surface area (Å²) in [5, 5.41) is 4.33. The summed E-state index contributed by atoms with van der Waals surface area (Å²) in [6.45, 7) is 4.11. The Hall–Kier alpha value is -3.28. The van der Waals surface area contributed by atoms with E-state index in [1.54, 1.807) is 6.20 Å². The van der Waals surface area contributed by atoms with Crippen LogP contribution in [0.4, 0.5) is 0 Å². The van der Waals surface area contributed by atoms with Crippen LogP contribution >= 0.6 is 0 Å². The normalized spacial score (nSPS) is 18.3. The van der Waals surface area contributed by atoms with Crippen LogP contribution in [0.1, 0.15) is 46.9 Å². The number of carbonyl (C=O) groups is 1. The van der Waals surface area contributed by atoms with Gasteiger partial charge in [0, 0.05) is 30.4 Å². The number of hydrogen-bond acceptors (Lipinski definition) is 4. The second-order valence-electron chi connectivity index (χ2n) is 7.84. The molecule has 6 heteroatoms. The van der Waals surface area contributed by atoms with Crippen molar-refractivity contribution < 1.29 is 14.3 Å². The molecule has 1 aromatic heterocycles. The molecular weight excluding hydrogens is 378 g/mol. The van der Waals surface area contributed by atoms with E-state index in [4.69, 9.17) is 9.47 Å². The first-order valence-electron chi connectivity index (χ1n) is 10.5. The van der Waals surface area contributed by atoms with Crippen LogP contribution in [-0.2, 0) is 0 Å². The first kappa shape index (κ1) is 18.7. The zero-order chi connectivity index (χ0) is 20.5. The third-order valence-corrected chi connectivity index (χ3v) is 5.86. The van der Waals surface area contributed by atoms with Crippen molar-refractivity contribution in [3.63, 3.8) is 0 Å². The Bertz CT molecular complexity index is 1060. The van der Waals surface area contributed by atoms with Gasteiger partial charge in [-0.3, -0.25) is 4.79 Å². The van der Waals surface area contributed by atoms with Crippen molar-refractivity contribution in [3.05, 3.63) is 71.5 Å². The maximum Gasteiger partial charge on any atom is 0.254 e. The fourth-order valence-electron chi connectivity index (χ4n) is 4.29. The lowest BCUT2D eigenvalue weighted by Crippen LogP contribution is -2.30. The molecule has 1 fully saturated rings. The summed E-state index contributed by atoms with van der Waals surface area (Å²) in [5.41, 5.74) is 3.82. The highest BCUT2D eigenvalue weighted by atomic mass is 16.5. The Balaban J connectivity index is 1.38. The van der Waals surface area contributed by atoms with E-state index in [0.717, 1.165) is 54.3 Å². The number of fused-ring (bicyclic) bond motifs is 1. The highest BCUT2D eigenvalue weighted by Gasteiger charge is 2.31. The fourth-order valence-corrected chi connectivity index (χ4v) is 4.29. The minimum absolute atomic E-state index is 0.0580. The molecule has 2 aliphatic rings. The summed E-state index contributed by atoms with van der Waals surface area (Å²) in [5.74, 6) is 1.63. The van der Waals surface area contributed by atoms with Crippen LogP contribution in [0.3, 0.4) is 0 Å². The van der Waals surface area contributed by atoms with Gasteiger partial charge in [-0.1, -0.05) is 6.07 Å². The number of hydrogen-bond donors (Lipinski definition) is 0. The molecule has 1 atom stereocenters. The Morgan fingerprint density at radius 3 is 2.57 bits per heavy atom. The largest absolute Gasteiger partial charge is 0.490 e. The van der Waals surface area contributed by atoms with Gasteiger partial charge in [0.25, 0.3) is 5.91 Å². The molecule has 1 amide bonds. The number of amides is 1. The molecule has 3 heterocycles. The van der Waals surface area contributed by atoms with E-state index < -0.39 is 0 Å². The lowest BCUT2D eigenvalue weighted by molar-refractivity contribution is 0.0735. The average Bonchev–Trinajstić information content (AvgIpc) is 3.37. The third kappa shape index (κ3) is 3.43. The number of aromatic nitrogens is 2. The van der Waals surface area contributed by atoms with Gasteiger partial charge in [0.15, 0.2) is 11.5 Å². The van der Waals surface area contributed by atoms with E-state index in [2.05, 4.69) is 11.2 Å². The number of nitrogens with zero attached hydrogens (tertiary/aromatic N) is 3. The van der Waals surface area contributed by atoms with Gasteiger partial charge in [-0.15, -0.1) is 0 Å². The maximum absolute atomic E-state index is 13.3. The fraction of sp³-hybridized carbons (Fsp3) is 0.333. The first-order valence-corrected chi connectivity index (χ1v) is 10.5. The van der Waals surface area contributed by atoms with Gasteiger partial charge < -0.3 is 14.4 Å². The van der Waals surface area contributed by atoms with Gasteiger partial charge in [-0.2, -0.15) is 5.10 Å². The van der Waals surface area contributed by atoms with Crippen molar-refractivity contribution in [1.82, 2.24) is 14.7 Å². The summed E-state index contributed by atoms with van der Waals surface area (Å²) >= 11 is 0. The predicted molar refractivity (Wildman–Crippen MR) is 113 cm³/mol. The van der Waals surface area contributed by atoms with Gasteiger partial charge in [0.05, 0.1) is 24.9 Å². The molecule has 0 saturated carbocycles. The van der Waals surface area contributed by atoms with Crippen LogP contribution in [-0.4, -0.2) is 40.3 Å². The molecule has 6 nitrogen and oxygen atoms in total. The Kier molecular flexibility index (Phi) is 4.91. The Labute approximate surface area is 176 Å². The number of carbonyl (C=O) groups excluding carboxylic acids is 1. The minimum atomic E-state index is 0.0580. The third-order valence-electron chi connectivity index (χ3n) is 5.86. The molecule has 1 saturated heterocycles. The lowest BCUT2D eigenvalue weighted by atomic mass is 10.0. The molecule has 5 rings (SSSR count). The molecule has 2 aromatic carbocycles. The van der Waals surface area contributed by atoms with Crippen molar-refractivity contribution >= 4 is 5.91 Å². The zero-order valence-electron chi connectivity index (χ0n) is 17.1. The SMILES string of the molecule is Cc1ccnn1-c1ccc(C(=O)N2CCCC2c2ccc3c(c2)OCCCO3)cc1. The van der Waals surface area contributed by atoms with E-state index >= 15 is 0 Å². The van der Waals surface area contributed by atoms with E-state index in [1.165, 1.54) is 0 Å². The molecule has 2 aliphatic heterocycles. The predicted octanol–water partition coefficient (Wildman–Crippen LogP) is 4.32. The van der Waals surface area contributed by atoms with Crippen LogP contribution < -0.4 is 9.47 Å². The highest BCUT2D eigenvalue weighted by Crippen LogP contribution is 2.38. The molecule has 3 aromatic rings. The Morgan fingerprint density at radius 1 is 1.00 bits per heavy atom. The van der Waals surface area contributed by atoms with Crippen molar-refractivity contribution in [2.24, 2.45) is 0 Å². The smallest absolute Gasteiger partial charge is 0.254 e. The van der Waals surface area contributed by atoms with Crippen molar-refractivity contribution in [2.75, 3.05) is 19.8 Å². The van der Waals surface area contributed by atoms with E-state index in [1.807, 2.05) is 59.0 Å². The van der Waals surface area contributed by atoms with E-state index in [0.29, 0.717) is 18.8 Å². The van der Waals surface area contributed by atoms with Gasteiger partial charge in [0.1, 0.15) is 0 Å². The molecule has 0 aliphatic carbocycles. The van der Waals surface area contributed by atoms with E-state index in [-0.39, 0.29) is 11.9 Å². The van der Waals surface area contributed by atoms with Gasteiger partial charge in [0.2, 0.25) is 0 Å². The standard InChI is InChI=1S/C24H25N3O3/c1-17-11-12-25-27(17)20-8-5-18(6-9-20)24(28)26-13-2-4-21(26)19-7-10-22-23(16-19)30-15-3-14-29-22/h5-12,16,21H,2-4,13-15H2,1H3. The van der Waals surface area contributed by atoms with Gasteiger partial charge >= 0.3 is 0 Å². The quantitative estimate of drug-likeness (QED) is 0.654. The van der Waals surface area contributed by atoms with E-state index in [9.17, 15) is 4.79 Å². The van der Waals surface area contributed by atoms with Crippen LogP contribution in [0, 0.1) is 6.92 Å². The molecule has 30 heavy (non-hydrogen) atoms. The summed E-state index contributed by atoms with van der Waals surface area (Å²) in [6.07, 6.45) is 4.61. The van der Waals surface area contributed by atoms with Crippen LogP contribution in [0.25, 0.3) is 5.69 Å². The Morgan fingerprint density at radius 2 is 1.80 bits per heavy atom. The zero-order valence-corrected chi connectivity index (χ0v) is 17.1. The molecule has 0 bridgehead atoms. The molecule has 0 N–H and O–H groups in total. The topological polar surface area (TPSA) is 56.6 Å². The first-order chi connectivity index (χ1) is 14.7. The molecule has 0 spiro atoms. The maximum atomic E-state index is 13.3. The second-order valence-corrected chi connectivity index (χ2v) is 7.84. The summed E-state index contributed by atoms with van der Waals surface area (Å²) in [7, 11) is 0. The van der Waals surface area contributed by atoms with Crippen molar-refractivity contribution in [1.29, 1.82) is 0 Å². The highest BCUT2D eigenvalue weighted by molar-refractivity contribution is 5.95. The second kappa shape index (κ2) is 7.86. The molecular formula is C24H25N3O3. The van der Waals surface area contributed by atoms with Crippen LogP contribution in [0.5, 0.6) is 11.5 Å². The summed E-state index contributed by atoms with van der Waals surface area (Å²) in [4.78, 5) is 15.3. The number of likely N-dealkylation sites (tertiary alicyclic amines) is 1. The monoisotopic (exact) mass is 403 g/mol. The molecule has 0 radical (unpaired) electrons. The van der Waals surface area contributed by atoms with Crippen LogP contribution in [0.2, 0.25) is 0 Å². The van der Waals surface area contributed by atoms with Crippen molar-refractivity contribution in [3.8, 4) is 17.2 Å². The summed E-state index contributed by atoms with van der Waals surface area (Å²) < 4.78 is 13.5. The molecule has 154 valence electrons. The number of benzene rings is 2. The molecule has 1 unspecified atom stereocenters. The lowest BCUT2D eigenvalue weighted by Gasteiger charge is -2.26. The van der Waals surface area contributed by atoms with Gasteiger partial charge in [-0.25, -0.2) is 4.68 Å². The van der Waals surface area contributed by atoms with Crippen LogP contribution in [0.15, 0.2) is 54.7 Å². The van der Waals surface area contributed by atoms with Crippen molar-refractivity contribution in [2.45, 2.75) is 32.2 Å². The summed E-state index contributed by atoms with van der Waals surface area (Å²) in [6, 6.07) is 15.8. The number of aryl methyl sites for hydroxylation is 1. The van der Waals surface area contributed by atoms with Gasteiger partial charge in [-0.05, 0) is 67.8 Å². The number of ether oxygens (including phenoxy) is 2. The minimum Gasteiger partial charge on any atom is -0.490 e. The number of rotatable bonds is 3. The average molecular weight is 403 g/mol.